The highest BCUT2D eigenvalue weighted by Gasteiger charge is 2.21. The van der Waals surface area contributed by atoms with Crippen molar-refractivity contribution in [1.29, 1.82) is 0 Å². The van der Waals surface area contributed by atoms with Gasteiger partial charge in [-0.2, -0.15) is 11.3 Å². The maximum absolute atomic E-state index is 10.9. The molecule has 0 fully saturated rings. The molecule has 1 aromatic rings. The van der Waals surface area contributed by atoms with Gasteiger partial charge in [0.2, 0.25) is 0 Å². The van der Waals surface area contributed by atoms with Gasteiger partial charge in [0.05, 0.1) is 5.92 Å². The summed E-state index contributed by atoms with van der Waals surface area (Å²) in [5, 5.41) is 12.9. The number of thiophene rings is 1. The van der Waals surface area contributed by atoms with Crippen molar-refractivity contribution in [3.05, 3.63) is 22.4 Å². The lowest BCUT2D eigenvalue weighted by molar-refractivity contribution is -0.143. The van der Waals surface area contributed by atoms with Crippen molar-refractivity contribution < 1.29 is 9.90 Å². The Labute approximate surface area is 82.2 Å². The maximum atomic E-state index is 10.9. The number of carboxylic acid groups (broad SMARTS) is 1. The highest BCUT2D eigenvalue weighted by molar-refractivity contribution is 7.07. The monoisotopic (exact) mass is 198 g/mol. The first kappa shape index (κ1) is 10.3. The average molecular weight is 198 g/mol. The molecule has 0 aliphatic rings. The zero-order valence-corrected chi connectivity index (χ0v) is 8.67. The van der Waals surface area contributed by atoms with E-state index in [0.29, 0.717) is 6.42 Å². The lowest BCUT2D eigenvalue weighted by Gasteiger charge is -2.14. The maximum Gasteiger partial charge on any atom is 0.307 e. The van der Waals surface area contributed by atoms with Crippen molar-refractivity contribution in [2.75, 3.05) is 0 Å². The fraction of sp³-hybridized carbons (Fsp3) is 0.500. The van der Waals surface area contributed by atoms with E-state index in [1.165, 1.54) is 0 Å². The summed E-state index contributed by atoms with van der Waals surface area (Å²) in [6.45, 7) is 3.90. The molecule has 2 nitrogen and oxygen atoms in total. The number of hydrogen-bond acceptors (Lipinski definition) is 2. The Hall–Kier alpha value is -0.830. The molecule has 3 heteroatoms. The van der Waals surface area contributed by atoms with Crippen LogP contribution in [-0.2, 0) is 11.2 Å². The van der Waals surface area contributed by atoms with Crippen molar-refractivity contribution >= 4 is 17.3 Å². The number of aliphatic carboxylic acids is 1. The second-order valence-electron chi connectivity index (χ2n) is 3.52. The van der Waals surface area contributed by atoms with Crippen molar-refractivity contribution in [2.45, 2.75) is 20.3 Å². The Morgan fingerprint density at radius 2 is 2.31 bits per heavy atom. The number of carbonyl (C=O) groups is 1. The van der Waals surface area contributed by atoms with E-state index in [0.717, 1.165) is 5.56 Å². The van der Waals surface area contributed by atoms with Crippen molar-refractivity contribution in [2.24, 2.45) is 11.8 Å². The molecule has 0 bridgehead atoms. The first-order valence-corrected chi connectivity index (χ1v) is 5.29. The van der Waals surface area contributed by atoms with Gasteiger partial charge in [-0.1, -0.05) is 13.8 Å². The van der Waals surface area contributed by atoms with Crippen LogP contribution in [0.4, 0.5) is 0 Å². The summed E-state index contributed by atoms with van der Waals surface area (Å²) in [7, 11) is 0. The van der Waals surface area contributed by atoms with Crippen LogP contribution in [0.3, 0.4) is 0 Å². The van der Waals surface area contributed by atoms with Gasteiger partial charge in [-0.15, -0.1) is 0 Å². The number of rotatable bonds is 4. The summed E-state index contributed by atoms with van der Waals surface area (Å²) in [6, 6.07) is 1.99. The van der Waals surface area contributed by atoms with Gasteiger partial charge in [-0.25, -0.2) is 0 Å². The van der Waals surface area contributed by atoms with E-state index in [2.05, 4.69) is 0 Å². The molecule has 72 valence electrons. The van der Waals surface area contributed by atoms with Crippen LogP contribution in [0.2, 0.25) is 0 Å². The zero-order chi connectivity index (χ0) is 9.84. The van der Waals surface area contributed by atoms with Crippen molar-refractivity contribution in [3.8, 4) is 0 Å². The third-order valence-electron chi connectivity index (χ3n) is 2.16. The van der Waals surface area contributed by atoms with Gasteiger partial charge < -0.3 is 5.11 Å². The third kappa shape index (κ3) is 2.84. The molecule has 0 amide bonds. The SMILES string of the molecule is CC(C)C(Cc1ccsc1)C(=O)O. The summed E-state index contributed by atoms with van der Waals surface area (Å²) in [4.78, 5) is 10.9. The molecule has 1 unspecified atom stereocenters. The highest BCUT2D eigenvalue weighted by Crippen LogP contribution is 2.19. The Bertz CT molecular complexity index is 264. The van der Waals surface area contributed by atoms with E-state index in [4.69, 9.17) is 5.11 Å². The molecular formula is C10H14O2S. The topological polar surface area (TPSA) is 37.3 Å². The average Bonchev–Trinajstić information content (AvgIpc) is 2.50. The van der Waals surface area contributed by atoms with Gasteiger partial charge >= 0.3 is 5.97 Å². The molecule has 0 saturated carbocycles. The van der Waals surface area contributed by atoms with E-state index in [1.807, 2.05) is 30.7 Å². The molecule has 13 heavy (non-hydrogen) atoms. The minimum Gasteiger partial charge on any atom is -0.481 e. The van der Waals surface area contributed by atoms with E-state index in [9.17, 15) is 4.79 Å². The van der Waals surface area contributed by atoms with Crippen LogP contribution in [0.15, 0.2) is 16.8 Å². The molecule has 0 radical (unpaired) electrons. The van der Waals surface area contributed by atoms with E-state index in [1.54, 1.807) is 11.3 Å². The standard InChI is InChI=1S/C10H14O2S/c1-7(2)9(10(11)12)5-8-3-4-13-6-8/h3-4,6-7,9H,5H2,1-2H3,(H,11,12). The van der Waals surface area contributed by atoms with E-state index >= 15 is 0 Å². The third-order valence-corrected chi connectivity index (χ3v) is 2.89. The minimum absolute atomic E-state index is 0.192. The lowest BCUT2D eigenvalue weighted by Crippen LogP contribution is -2.21. The fourth-order valence-corrected chi connectivity index (χ4v) is 1.95. The molecular weight excluding hydrogens is 184 g/mol. The molecule has 0 aromatic carbocycles. The first-order chi connectivity index (χ1) is 6.11. The van der Waals surface area contributed by atoms with Gasteiger partial charge in [0.15, 0.2) is 0 Å². The molecule has 0 aliphatic carbocycles. The van der Waals surface area contributed by atoms with Crippen molar-refractivity contribution in [3.63, 3.8) is 0 Å². The van der Waals surface area contributed by atoms with E-state index in [-0.39, 0.29) is 11.8 Å². The Morgan fingerprint density at radius 1 is 1.62 bits per heavy atom. The minimum atomic E-state index is -0.693. The predicted octanol–water partition coefficient (Wildman–Crippen LogP) is 2.65. The normalized spacial score (nSPS) is 13.2. The quantitative estimate of drug-likeness (QED) is 0.807. The number of hydrogen-bond donors (Lipinski definition) is 1. The van der Waals surface area contributed by atoms with Crippen LogP contribution in [-0.4, -0.2) is 11.1 Å². The Kier molecular flexibility index (Phi) is 3.48. The molecule has 1 rings (SSSR count). The molecule has 0 spiro atoms. The Balaban J connectivity index is 2.63. The van der Waals surface area contributed by atoms with Crippen LogP contribution < -0.4 is 0 Å². The van der Waals surface area contributed by atoms with Crippen LogP contribution in [0.5, 0.6) is 0 Å². The zero-order valence-electron chi connectivity index (χ0n) is 7.86. The summed E-state index contributed by atoms with van der Waals surface area (Å²) in [5.74, 6) is -0.756. The molecule has 0 saturated heterocycles. The fourth-order valence-electron chi connectivity index (χ4n) is 1.27. The highest BCUT2D eigenvalue weighted by atomic mass is 32.1. The predicted molar refractivity (Wildman–Crippen MR) is 54.0 cm³/mol. The summed E-state index contributed by atoms with van der Waals surface area (Å²) < 4.78 is 0. The van der Waals surface area contributed by atoms with Gasteiger partial charge in [0.1, 0.15) is 0 Å². The van der Waals surface area contributed by atoms with Gasteiger partial charge in [-0.05, 0) is 34.7 Å². The summed E-state index contributed by atoms with van der Waals surface area (Å²) in [6.07, 6.45) is 0.649. The van der Waals surface area contributed by atoms with Gasteiger partial charge in [0.25, 0.3) is 0 Å². The van der Waals surface area contributed by atoms with Gasteiger partial charge in [0, 0.05) is 0 Å². The summed E-state index contributed by atoms with van der Waals surface area (Å²) >= 11 is 1.61. The largest absolute Gasteiger partial charge is 0.481 e. The molecule has 1 N–H and O–H groups in total. The van der Waals surface area contributed by atoms with Gasteiger partial charge in [-0.3, -0.25) is 4.79 Å². The molecule has 1 atom stereocenters. The van der Waals surface area contributed by atoms with Crippen LogP contribution in [0, 0.1) is 11.8 Å². The second-order valence-corrected chi connectivity index (χ2v) is 4.30. The molecule has 1 heterocycles. The van der Waals surface area contributed by atoms with Crippen LogP contribution >= 0.6 is 11.3 Å². The number of carboxylic acids is 1. The Morgan fingerprint density at radius 3 is 2.69 bits per heavy atom. The van der Waals surface area contributed by atoms with Crippen molar-refractivity contribution in [1.82, 2.24) is 0 Å². The van der Waals surface area contributed by atoms with E-state index < -0.39 is 5.97 Å². The van der Waals surface area contributed by atoms with Crippen LogP contribution in [0.25, 0.3) is 0 Å². The lowest BCUT2D eigenvalue weighted by atomic mass is 9.90. The second kappa shape index (κ2) is 4.42. The first-order valence-electron chi connectivity index (χ1n) is 4.35. The smallest absolute Gasteiger partial charge is 0.307 e. The summed E-state index contributed by atoms with van der Waals surface area (Å²) in [5.41, 5.74) is 1.13. The molecule has 1 aromatic heterocycles. The molecule has 0 aliphatic heterocycles. The van der Waals surface area contributed by atoms with Crippen LogP contribution in [0.1, 0.15) is 19.4 Å².